The number of phenols is 2. The Morgan fingerprint density at radius 1 is 0.557 bits per heavy atom. The summed E-state index contributed by atoms with van der Waals surface area (Å²) in [6, 6.07) is 13.1. The maximum absolute atomic E-state index is 14.7. The van der Waals surface area contributed by atoms with Gasteiger partial charge >= 0.3 is 5.97 Å². The summed E-state index contributed by atoms with van der Waals surface area (Å²) in [6.07, 6.45) is -17.4. The summed E-state index contributed by atoms with van der Waals surface area (Å²) >= 11 is 0. The minimum atomic E-state index is -1.91. The highest BCUT2D eigenvalue weighted by Gasteiger charge is 2.50. The van der Waals surface area contributed by atoms with Gasteiger partial charge in [0, 0.05) is 11.8 Å². The van der Waals surface area contributed by atoms with Crippen LogP contribution in [0, 0.1) is 0 Å². The van der Waals surface area contributed by atoms with E-state index < -0.39 is 133 Å². The first kappa shape index (κ1) is 42.2. The highest BCUT2D eigenvalue weighted by Crippen LogP contribution is 2.56. The molecule has 12 atom stereocenters. The van der Waals surface area contributed by atoms with E-state index in [-0.39, 0.29) is 56.0 Å². The highest BCUT2D eigenvalue weighted by atomic mass is 16.7. The number of hydrogen-bond acceptors (Lipinski definition) is 18. The van der Waals surface area contributed by atoms with Gasteiger partial charge in [0.1, 0.15) is 71.8 Å². The number of fused-ring (bicyclic) bond motifs is 4. The zero-order valence-electron chi connectivity index (χ0n) is 31.5. The summed E-state index contributed by atoms with van der Waals surface area (Å²) in [5.41, 5.74) is -1.30. The second-order valence-corrected chi connectivity index (χ2v) is 15.2. The summed E-state index contributed by atoms with van der Waals surface area (Å²) in [7, 11) is 0. The number of rotatable bonds is 9. The number of carbonyl (C=O) groups excluding carboxylic acids is 2. The minimum Gasteiger partial charge on any atom is -0.507 e. The molecule has 2 saturated heterocycles. The second-order valence-electron chi connectivity index (χ2n) is 15.2. The van der Waals surface area contributed by atoms with E-state index in [0.29, 0.717) is 0 Å². The normalized spacial score (nSPS) is 30.4. The standard InChI is InChI=1S/C42H40O19/c43-11-14-7-18-26(16-3-1-5-22(30(16)34(50)28(18)20(46)8-14)58-41-38(54)36(52)32(48)24(12-44)60-41)27-17-4-2-6-23(59-42-39(55)37(53)33(49)25(13-45)61-42)31(17)35(51)29-19(27)9-15(40(56)57)10-21(29)47/h1-10,24-27,32-33,36-39,41-49,52-55H,11-13H2,(H,56,57)/t24-,25-,26+,27-,32-,33-,36+,37+,38-,39-,41-,42-/m1/s1. The number of ketones is 2. The Morgan fingerprint density at radius 3 is 1.43 bits per heavy atom. The molecule has 4 aromatic carbocycles. The summed E-state index contributed by atoms with van der Waals surface area (Å²) in [6.45, 7) is -2.21. The van der Waals surface area contributed by atoms with Gasteiger partial charge in [-0.1, -0.05) is 30.3 Å². The molecule has 12 N–H and O–H groups in total. The van der Waals surface area contributed by atoms with Crippen LogP contribution in [0.1, 0.15) is 81.9 Å². The number of aromatic carboxylic acids is 1. The molecule has 61 heavy (non-hydrogen) atoms. The number of hydrogen-bond donors (Lipinski definition) is 12. The Morgan fingerprint density at radius 2 is 1.00 bits per heavy atom. The molecular formula is C42H40O19. The molecule has 4 aromatic rings. The number of benzene rings is 4. The summed E-state index contributed by atoms with van der Waals surface area (Å²) < 4.78 is 23.1. The first-order valence-corrected chi connectivity index (χ1v) is 19.0. The third-order valence-electron chi connectivity index (χ3n) is 11.7. The van der Waals surface area contributed by atoms with Gasteiger partial charge in [0.15, 0.2) is 0 Å². The van der Waals surface area contributed by atoms with E-state index in [0.717, 1.165) is 18.2 Å². The van der Waals surface area contributed by atoms with Gasteiger partial charge in [0.25, 0.3) is 0 Å². The molecule has 19 heteroatoms. The fraction of sp³-hybridized carbons (Fsp3) is 0.357. The molecule has 2 fully saturated rings. The van der Waals surface area contributed by atoms with E-state index in [1.54, 1.807) is 0 Å². The molecule has 2 heterocycles. The molecule has 8 rings (SSSR count). The van der Waals surface area contributed by atoms with E-state index in [2.05, 4.69) is 0 Å². The lowest BCUT2D eigenvalue weighted by molar-refractivity contribution is -0.277. The predicted molar refractivity (Wildman–Crippen MR) is 201 cm³/mol. The van der Waals surface area contributed by atoms with E-state index in [9.17, 15) is 75.7 Å². The first-order chi connectivity index (χ1) is 29.1. The molecule has 0 spiro atoms. The molecule has 0 radical (unpaired) electrons. The van der Waals surface area contributed by atoms with Crippen molar-refractivity contribution in [2.45, 2.75) is 79.9 Å². The van der Waals surface area contributed by atoms with E-state index in [4.69, 9.17) is 18.9 Å². The van der Waals surface area contributed by atoms with Crippen molar-refractivity contribution >= 4 is 17.5 Å². The second kappa shape index (κ2) is 16.0. The van der Waals surface area contributed by atoms with E-state index >= 15 is 0 Å². The SMILES string of the molecule is O=C(O)c1cc(O)c2c(c1)[C@H]([C@@H]1c3cc(CO)cc(O)c3C(=O)c3c(O[C@@H]4O[C@H](CO)[C@@H](O)[C@H](O)[C@H]4O)cccc31)c1cccc(O[C@@H]3O[C@H](CO)[C@@H](O)[C@H](O)[C@H]3O)c1C2=O. The number of aliphatic hydroxyl groups is 9. The molecule has 0 saturated carbocycles. The van der Waals surface area contributed by atoms with Crippen molar-refractivity contribution in [3.8, 4) is 23.0 Å². The lowest BCUT2D eigenvalue weighted by Crippen LogP contribution is -2.60. The predicted octanol–water partition coefficient (Wildman–Crippen LogP) is -1.30. The van der Waals surface area contributed by atoms with Gasteiger partial charge in [-0.25, -0.2) is 4.79 Å². The van der Waals surface area contributed by atoms with Crippen LogP contribution in [0.4, 0.5) is 0 Å². The molecule has 0 amide bonds. The maximum atomic E-state index is 14.7. The van der Waals surface area contributed by atoms with Gasteiger partial charge < -0.3 is 80.2 Å². The van der Waals surface area contributed by atoms with Crippen molar-refractivity contribution < 1.29 is 94.6 Å². The Balaban J connectivity index is 1.37. The third-order valence-corrected chi connectivity index (χ3v) is 11.7. The number of phenolic OH excluding ortho intramolecular Hbond substituents is 2. The molecular weight excluding hydrogens is 808 g/mol. The fourth-order valence-corrected chi connectivity index (χ4v) is 8.74. The van der Waals surface area contributed by atoms with Gasteiger partial charge in [0.05, 0.1) is 47.6 Å². The summed E-state index contributed by atoms with van der Waals surface area (Å²) in [5.74, 6) is -7.67. The Bertz CT molecular complexity index is 2410. The summed E-state index contributed by atoms with van der Waals surface area (Å²) in [5, 5.41) is 126. The molecule has 4 aliphatic rings. The van der Waals surface area contributed by atoms with Crippen molar-refractivity contribution in [1.29, 1.82) is 0 Å². The van der Waals surface area contributed by atoms with Gasteiger partial charge in [-0.15, -0.1) is 0 Å². The van der Waals surface area contributed by atoms with Crippen LogP contribution < -0.4 is 9.47 Å². The van der Waals surface area contributed by atoms with Crippen molar-refractivity contribution in [2.24, 2.45) is 0 Å². The highest BCUT2D eigenvalue weighted by molar-refractivity contribution is 6.18. The van der Waals surface area contributed by atoms with Crippen molar-refractivity contribution in [3.05, 3.63) is 116 Å². The average Bonchev–Trinajstić information content (AvgIpc) is 3.24. The molecule has 2 aliphatic carbocycles. The monoisotopic (exact) mass is 848 g/mol. The number of aliphatic hydroxyl groups excluding tert-OH is 9. The number of ether oxygens (including phenoxy) is 4. The fourth-order valence-electron chi connectivity index (χ4n) is 8.74. The maximum Gasteiger partial charge on any atom is 0.335 e. The van der Waals surface area contributed by atoms with Gasteiger partial charge in [-0.05, 0) is 58.1 Å². The van der Waals surface area contributed by atoms with Gasteiger partial charge in [0.2, 0.25) is 24.1 Å². The molecule has 0 aromatic heterocycles. The van der Waals surface area contributed by atoms with Crippen LogP contribution in [-0.2, 0) is 16.1 Å². The van der Waals surface area contributed by atoms with E-state index in [1.165, 1.54) is 42.5 Å². The Hall–Kier alpha value is -5.55. The molecule has 0 unspecified atom stereocenters. The van der Waals surface area contributed by atoms with Crippen LogP contribution in [-0.4, -0.2) is 153 Å². The zero-order chi connectivity index (χ0) is 43.8. The van der Waals surface area contributed by atoms with Crippen LogP contribution in [0.15, 0.2) is 60.7 Å². The van der Waals surface area contributed by atoms with Crippen LogP contribution >= 0.6 is 0 Å². The van der Waals surface area contributed by atoms with Crippen LogP contribution in [0.5, 0.6) is 23.0 Å². The van der Waals surface area contributed by atoms with Crippen LogP contribution in [0.2, 0.25) is 0 Å². The first-order valence-electron chi connectivity index (χ1n) is 19.0. The van der Waals surface area contributed by atoms with Crippen molar-refractivity contribution in [3.63, 3.8) is 0 Å². The molecule has 2 aliphatic heterocycles. The number of carboxylic acid groups (broad SMARTS) is 1. The topological polar surface area (TPSA) is 331 Å². The van der Waals surface area contributed by atoms with Crippen molar-refractivity contribution in [1.82, 2.24) is 0 Å². The third kappa shape index (κ3) is 6.80. The lowest BCUT2D eigenvalue weighted by Gasteiger charge is -2.41. The molecule has 0 bridgehead atoms. The molecule has 322 valence electrons. The number of carboxylic acids is 1. The smallest absolute Gasteiger partial charge is 0.335 e. The zero-order valence-corrected chi connectivity index (χ0v) is 31.5. The number of carbonyl (C=O) groups is 3. The van der Waals surface area contributed by atoms with Crippen LogP contribution in [0.25, 0.3) is 0 Å². The van der Waals surface area contributed by atoms with Crippen molar-refractivity contribution in [2.75, 3.05) is 13.2 Å². The van der Waals surface area contributed by atoms with Gasteiger partial charge in [-0.2, -0.15) is 0 Å². The summed E-state index contributed by atoms with van der Waals surface area (Å²) in [4.78, 5) is 41.8. The minimum absolute atomic E-state index is 0.0646. The number of aromatic hydroxyl groups is 2. The molecule has 19 nitrogen and oxygen atoms in total. The van der Waals surface area contributed by atoms with Gasteiger partial charge in [-0.3, -0.25) is 9.59 Å². The Kier molecular flexibility index (Phi) is 11.1. The van der Waals surface area contributed by atoms with Crippen LogP contribution in [0.3, 0.4) is 0 Å². The van der Waals surface area contributed by atoms with E-state index in [1.807, 2.05) is 0 Å². The largest absolute Gasteiger partial charge is 0.507 e. The lowest BCUT2D eigenvalue weighted by atomic mass is 9.63. The average molecular weight is 849 g/mol. The Labute approximate surface area is 344 Å². The quantitative estimate of drug-likeness (QED) is 0.0931.